The van der Waals surface area contributed by atoms with E-state index >= 15 is 0 Å². The number of carbonyl (C=O) groups is 1. The van der Waals surface area contributed by atoms with E-state index in [-0.39, 0.29) is 23.7 Å². The van der Waals surface area contributed by atoms with E-state index in [2.05, 4.69) is 0 Å². The quantitative estimate of drug-likeness (QED) is 0.821. The molecule has 0 amide bonds. The Morgan fingerprint density at radius 1 is 1.41 bits per heavy atom. The summed E-state index contributed by atoms with van der Waals surface area (Å²) in [7, 11) is 0. The van der Waals surface area contributed by atoms with Gasteiger partial charge in [0.05, 0.1) is 12.0 Å². The molecule has 0 bridgehead atoms. The predicted octanol–water partition coefficient (Wildman–Crippen LogP) is 2.68. The van der Waals surface area contributed by atoms with Crippen LogP contribution in [0.4, 0.5) is 0 Å². The van der Waals surface area contributed by atoms with Crippen molar-refractivity contribution < 1.29 is 14.6 Å². The second-order valence-corrected chi connectivity index (χ2v) is 4.97. The van der Waals surface area contributed by atoms with E-state index in [0.717, 1.165) is 6.42 Å². The molecule has 1 aliphatic heterocycles. The molecule has 1 rings (SSSR count). The smallest absolute Gasteiger partial charge is 0.168 e. The maximum atomic E-state index is 12.1. The summed E-state index contributed by atoms with van der Waals surface area (Å²) in [5.41, 5.74) is 0.683. The number of rotatable bonds is 4. The van der Waals surface area contributed by atoms with Gasteiger partial charge in [0, 0.05) is 11.5 Å². The minimum atomic E-state index is -0.446. The molecule has 1 heterocycles. The number of hydrogen-bond donors (Lipinski definition) is 1. The van der Waals surface area contributed by atoms with E-state index in [9.17, 15) is 9.90 Å². The van der Waals surface area contributed by atoms with Crippen LogP contribution in [0.5, 0.6) is 0 Å². The molecule has 1 aliphatic rings. The molecule has 1 N–H and O–H groups in total. The Bertz CT molecular complexity index is 319. The van der Waals surface area contributed by atoms with Crippen LogP contribution in [0.2, 0.25) is 0 Å². The maximum Gasteiger partial charge on any atom is 0.168 e. The lowest BCUT2D eigenvalue weighted by Crippen LogP contribution is -2.37. The van der Waals surface area contributed by atoms with Crippen molar-refractivity contribution in [2.45, 2.75) is 59.7 Å². The van der Waals surface area contributed by atoms with Gasteiger partial charge in [0.25, 0.3) is 0 Å². The Hall–Kier alpha value is -0.830. The number of Topliss-reactive ketones (excluding diaryl/α,β-unsaturated/α-hetero) is 1. The van der Waals surface area contributed by atoms with Crippen molar-refractivity contribution >= 4 is 5.78 Å². The second kappa shape index (κ2) is 5.67. The molecule has 0 aromatic heterocycles. The highest BCUT2D eigenvalue weighted by Crippen LogP contribution is 2.32. The first-order chi connectivity index (χ1) is 7.93. The average Bonchev–Trinajstić information content (AvgIpc) is 2.34. The van der Waals surface area contributed by atoms with E-state index in [4.69, 9.17) is 4.74 Å². The number of aliphatic hydroxyl groups is 1. The van der Waals surface area contributed by atoms with Crippen molar-refractivity contribution in [1.82, 2.24) is 0 Å². The zero-order chi connectivity index (χ0) is 13.2. The Balaban J connectivity index is 3.01. The van der Waals surface area contributed by atoms with Crippen molar-refractivity contribution in [2.75, 3.05) is 0 Å². The molecule has 0 radical (unpaired) electrons. The van der Waals surface area contributed by atoms with Crippen LogP contribution in [0, 0.1) is 11.8 Å². The number of carbonyl (C=O) groups excluding carboxylic acids is 1. The first kappa shape index (κ1) is 14.2. The van der Waals surface area contributed by atoms with E-state index in [1.54, 1.807) is 6.92 Å². The van der Waals surface area contributed by atoms with Crippen molar-refractivity contribution in [3.05, 3.63) is 11.3 Å². The van der Waals surface area contributed by atoms with Gasteiger partial charge in [-0.2, -0.15) is 0 Å². The number of aliphatic hydroxyl groups excluding tert-OH is 1. The molecule has 0 saturated carbocycles. The molecule has 98 valence electrons. The van der Waals surface area contributed by atoms with Crippen LogP contribution in [0.25, 0.3) is 0 Å². The van der Waals surface area contributed by atoms with E-state index in [1.165, 1.54) is 0 Å². The van der Waals surface area contributed by atoms with Gasteiger partial charge in [-0.1, -0.05) is 27.7 Å². The van der Waals surface area contributed by atoms with Crippen LogP contribution < -0.4 is 0 Å². The van der Waals surface area contributed by atoms with Crippen LogP contribution in [0.3, 0.4) is 0 Å². The number of ether oxygens (including phenoxy) is 1. The molecule has 0 aromatic carbocycles. The number of allylic oxidation sites excluding steroid dienone is 1. The Morgan fingerprint density at radius 3 is 2.47 bits per heavy atom. The van der Waals surface area contributed by atoms with Crippen molar-refractivity contribution in [1.29, 1.82) is 0 Å². The first-order valence-electron chi connectivity index (χ1n) is 6.53. The molecule has 0 aliphatic carbocycles. The van der Waals surface area contributed by atoms with E-state index < -0.39 is 6.10 Å². The normalized spacial score (nSPS) is 28.9. The van der Waals surface area contributed by atoms with Gasteiger partial charge in [0.1, 0.15) is 11.9 Å². The average molecular weight is 240 g/mol. The Morgan fingerprint density at radius 2 is 2.00 bits per heavy atom. The van der Waals surface area contributed by atoms with Crippen LogP contribution >= 0.6 is 0 Å². The fourth-order valence-electron chi connectivity index (χ4n) is 2.40. The van der Waals surface area contributed by atoms with Crippen LogP contribution in [0.15, 0.2) is 11.3 Å². The van der Waals surface area contributed by atoms with Crippen molar-refractivity contribution in [3.8, 4) is 0 Å². The molecular weight excluding hydrogens is 216 g/mol. The zero-order valence-corrected chi connectivity index (χ0v) is 11.5. The summed E-state index contributed by atoms with van der Waals surface area (Å²) in [4.78, 5) is 12.1. The summed E-state index contributed by atoms with van der Waals surface area (Å²) in [5.74, 6) is 0.669. The predicted molar refractivity (Wildman–Crippen MR) is 67.5 cm³/mol. The molecule has 17 heavy (non-hydrogen) atoms. The highest BCUT2D eigenvalue weighted by Gasteiger charge is 2.35. The van der Waals surface area contributed by atoms with Crippen LogP contribution in [0.1, 0.15) is 47.5 Å². The SMILES string of the molecule is CC[C@@H]1OC([C@@H](C)[C@@H](O)CC)=C(C)C(=O)[C@@H]1C. The molecule has 3 heteroatoms. The van der Waals surface area contributed by atoms with Gasteiger partial charge >= 0.3 is 0 Å². The number of ketones is 1. The highest BCUT2D eigenvalue weighted by molar-refractivity contribution is 5.98. The molecule has 0 unspecified atom stereocenters. The zero-order valence-electron chi connectivity index (χ0n) is 11.5. The standard InChI is InChI=1S/C14H24O3/c1-6-11(15)8(3)14-10(5)13(16)9(4)12(7-2)17-14/h8-9,11-12,15H,6-7H2,1-5H3/t8-,9+,11-,12-/m0/s1. The molecule has 3 nitrogen and oxygen atoms in total. The molecule has 0 saturated heterocycles. The van der Waals surface area contributed by atoms with E-state index in [0.29, 0.717) is 17.8 Å². The van der Waals surface area contributed by atoms with Gasteiger partial charge < -0.3 is 9.84 Å². The molecular formula is C14H24O3. The Labute approximate surface area is 104 Å². The minimum absolute atomic E-state index is 0.0484. The van der Waals surface area contributed by atoms with Crippen molar-refractivity contribution in [2.24, 2.45) is 11.8 Å². The fourth-order valence-corrected chi connectivity index (χ4v) is 2.40. The minimum Gasteiger partial charge on any atom is -0.493 e. The van der Waals surface area contributed by atoms with Gasteiger partial charge in [0.15, 0.2) is 5.78 Å². The summed E-state index contributed by atoms with van der Waals surface area (Å²) in [6, 6.07) is 0. The molecule has 0 aromatic rings. The van der Waals surface area contributed by atoms with Gasteiger partial charge in [-0.05, 0) is 19.8 Å². The second-order valence-electron chi connectivity index (χ2n) is 4.97. The summed E-state index contributed by atoms with van der Waals surface area (Å²) in [5, 5.41) is 9.88. The van der Waals surface area contributed by atoms with Gasteiger partial charge in [-0.3, -0.25) is 4.79 Å². The third-order valence-corrected chi connectivity index (χ3v) is 3.80. The van der Waals surface area contributed by atoms with Gasteiger partial charge in [-0.25, -0.2) is 0 Å². The summed E-state index contributed by atoms with van der Waals surface area (Å²) in [6.07, 6.45) is 0.992. The fraction of sp³-hybridized carbons (Fsp3) is 0.786. The van der Waals surface area contributed by atoms with Crippen LogP contribution in [-0.4, -0.2) is 23.1 Å². The third-order valence-electron chi connectivity index (χ3n) is 3.80. The topological polar surface area (TPSA) is 46.5 Å². The largest absolute Gasteiger partial charge is 0.493 e. The number of hydrogen-bond acceptors (Lipinski definition) is 3. The Kier molecular flexibility index (Phi) is 4.75. The van der Waals surface area contributed by atoms with E-state index in [1.807, 2.05) is 27.7 Å². The first-order valence-corrected chi connectivity index (χ1v) is 6.53. The lowest BCUT2D eigenvalue weighted by atomic mass is 9.86. The maximum absolute atomic E-state index is 12.1. The lowest BCUT2D eigenvalue weighted by molar-refractivity contribution is -0.126. The third kappa shape index (κ3) is 2.71. The monoisotopic (exact) mass is 240 g/mol. The van der Waals surface area contributed by atoms with Gasteiger partial charge in [0.2, 0.25) is 0 Å². The molecule has 4 atom stereocenters. The lowest BCUT2D eigenvalue weighted by Gasteiger charge is -2.34. The van der Waals surface area contributed by atoms with Crippen molar-refractivity contribution in [3.63, 3.8) is 0 Å². The summed E-state index contributed by atoms with van der Waals surface area (Å²) in [6.45, 7) is 9.59. The van der Waals surface area contributed by atoms with Crippen LogP contribution in [-0.2, 0) is 9.53 Å². The van der Waals surface area contributed by atoms with Gasteiger partial charge in [-0.15, -0.1) is 0 Å². The summed E-state index contributed by atoms with van der Waals surface area (Å²) >= 11 is 0. The molecule has 0 fully saturated rings. The molecule has 0 spiro atoms. The summed E-state index contributed by atoms with van der Waals surface area (Å²) < 4.78 is 5.91. The highest BCUT2D eigenvalue weighted by atomic mass is 16.5.